The van der Waals surface area contributed by atoms with Crippen molar-refractivity contribution in [2.24, 2.45) is 11.5 Å². The summed E-state index contributed by atoms with van der Waals surface area (Å²) in [5.41, 5.74) is 14.3. The molecule has 0 amide bonds. The molecule has 2 unspecified atom stereocenters. The number of rotatable bonds is 25. The van der Waals surface area contributed by atoms with Crippen LogP contribution in [0.15, 0.2) is 54.6 Å². The second-order valence-electron chi connectivity index (χ2n) is 11.9. The van der Waals surface area contributed by atoms with E-state index in [1.54, 1.807) is 0 Å². The topological polar surface area (TPSA) is 84.3 Å². The molecule has 0 radical (unpaired) electrons. The molecule has 0 aliphatic heterocycles. The zero-order valence-electron chi connectivity index (χ0n) is 25.7. The molecule has 0 saturated carbocycles. The highest BCUT2D eigenvalue weighted by Crippen LogP contribution is 2.29. The van der Waals surface area contributed by atoms with Gasteiger partial charge in [-0.15, -0.1) is 0 Å². The van der Waals surface area contributed by atoms with E-state index in [1.807, 2.05) is 18.2 Å². The average Bonchev–Trinajstić information content (AvgIpc) is 2.97. The van der Waals surface area contributed by atoms with Gasteiger partial charge in [0.25, 0.3) is 0 Å². The SMILES string of the molecule is CCCCCCCCCCCCCCCCCCc1ccc(C(O)(Cc2ccccc2)C(N)CNCCN)cc1. The fraction of sp³-hybridized carbons (Fsp3) is 0.667. The van der Waals surface area contributed by atoms with E-state index in [0.717, 1.165) is 17.5 Å². The molecule has 0 aliphatic carbocycles. The van der Waals surface area contributed by atoms with Crippen LogP contribution in [-0.2, 0) is 18.4 Å². The summed E-state index contributed by atoms with van der Waals surface area (Å²) in [5, 5.41) is 15.1. The number of aryl methyl sites for hydroxylation is 1. The first-order valence-corrected chi connectivity index (χ1v) is 16.6. The lowest BCUT2D eigenvalue weighted by molar-refractivity contribution is 0.00987. The van der Waals surface area contributed by atoms with Crippen LogP contribution < -0.4 is 16.8 Å². The third-order valence-corrected chi connectivity index (χ3v) is 8.39. The summed E-state index contributed by atoms with van der Waals surface area (Å²) in [4.78, 5) is 0. The summed E-state index contributed by atoms with van der Waals surface area (Å²) >= 11 is 0. The van der Waals surface area contributed by atoms with Gasteiger partial charge in [-0.25, -0.2) is 0 Å². The molecule has 0 fully saturated rings. The number of nitrogens with two attached hydrogens (primary N) is 2. The van der Waals surface area contributed by atoms with E-state index in [4.69, 9.17) is 11.5 Å². The lowest BCUT2D eigenvalue weighted by atomic mass is 9.81. The fourth-order valence-electron chi connectivity index (χ4n) is 5.72. The number of hydrogen-bond acceptors (Lipinski definition) is 4. The summed E-state index contributed by atoms with van der Waals surface area (Å²) < 4.78 is 0. The molecule has 6 N–H and O–H groups in total. The van der Waals surface area contributed by atoms with E-state index in [9.17, 15) is 5.11 Å². The van der Waals surface area contributed by atoms with Crippen LogP contribution in [0.1, 0.15) is 126 Å². The highest BCUT2D eigenvalue weighted by Gasteiger charge is 2.36. The lowest BCUT2D eigenvalue weighted by Crippen LogP contribution is -2.52. The minimum Gasteiger partial charge on any atom is -0.383 e. The van der Waals surface area contributed by atoms with E-state index in [0.29, 0.717) is 26.1 Å². The van der Waals surface area contributed by atoms with Gasteiger partial charge in [-0.3, -0.25) is 0 Å². The van der Waals surface area contributed by atoms with Gasteiger partial charge in [-0.2, -0.15) is 0 Å². The number of nitrogens with one attached hydrogen (secondary N) is 1. The van der Waals surface area contributed by atoms with Gasteiger partial charge in [0.15, 0.2) is 0 Å². The summed E-state index contributed by atoms with van der Waals surface area (Å²) in [6.45, 7) is 4.05. The molecule has 0 heterocycles. The van der Waals surface area contributed by atoms with Gasteiger partial charge in [-0.05, 0) is 29.5 Å². The van der Waals surface area contributed by atoms with Crippen molar-refractivity contribution in [1.82, 2.24) is 5.32 Å². The maximum Gasteiger partial charge on any atom is 0.110 e. The molecule has 0 spiro atoms. The largest absolute Gasteiger partial charge is 0.383 e. The van der Waals surface area contributed by atoms with Gasteiger partial charge in [-0.1, -0.05) is 158 Å². The van der Waals surface area contributed by atoms with E-state index in [-0.39, 0.29) is 0 Å². The molecule has 0 saturated heterocycles. The van der Waals surface area contributed by atoms with Crippen molar-refractivity contribution >= 4 is 0 Å². The first-order chi connectivity index (χ1) is 19.6. The molecule has 40 heavy (non-hydrogen) atoms. The highest BCUT2D eigenvalue weighted by atomic mass is 16.3. The molecule has 0 bridgehead atoms. The van der Waals surface area contributed by atoms with Crippen LogP contribution in [0, 0.1) is 0 Å². The lowest BCUT2D eigenvalue weighted by Gasteiger charge is -2.35. The Bertz CT molecular complexity index is 841. The summed E-state index contributed by atoms with van der Waals surface area (Å²) in [5.74, 6) is 0. The van der Waals surface area contributed by atoms with Crippen LogP contribution in [0.2, 0.25) is 0 Å². The first kappa shape index (κ1) is 34.5. The minimum atomic E-state index is -1.14. The van der Waals surface area contributed by atoms with E-state index >= 15 is 0 Å². The number of hydrogen-bond donors (Lipinski definition) is 4. The molecule has 2 aromatic rings. The third-order valence-electron chi connectivity index (χ3n) is 8.39. The molecular formula is C36H61N3O. The van der Waals surface area contributed by atoms with Crippen LogP contribution >= 0.6 is 0 Å². The van der Waals surface area contributed by atoms with E-state index in [2.05, 4.69) is 48.6 Å². The Morgan fingerprint density at radius 3 is 1.68 bits per heavy atom. The second-order valence-corrected chi connectivity index (χ2v) is 11.9. The molecule has 4 nitrogen and oxygen atoms in total. The van der Waals surface area contributed by atoms with Crippen LogP contribution in [0.4, 0.5) is 0 Å². The molecule has 2 rings (SSSR count). The van der Waals surface area contributed by atoms with Crippen molar-refractivity contribution in [3.05, 3.63) is 71.3 Å². The first-order valence-electron chi connectivity index (χ1n) is 16.6. The van der Waals surface area contributed by atoms with Crippen LogP contribution in [-0.4, -0.2) is 30.8 Å². The Balaban J connectivity index is 1.64. The number of benzene rings is 2. The molecule has 0 aromatic heterocycles. The Morgan fingerprint density at radius 2 is 1.18 bits per heavy atom. The Labute approximate surface area is 246 Å². The van der Waals surface area contributed by atoms with E-state index in [1.165, 1.54) is 108 Å². The zero-order chi connectivity index (χ0) is 28.7. The fourth-order valence-corrected chi connectivity index (χ4v) is 5.72. The van der Waals surface area contributed by atoms with Crippen molar-refractivity contribution in [2.45, 2.75) is 134 Å². The van der Waals surface area contributed by atoms with Crippen molar-refractivity contribution in [2.75, 3.05) is 19.6 Å². The maximum atomic E-state index is 11.8. The van der Waals surface area contributed by atoms with Crippen LogP contribution in [0.5, 0.6) is 0 Å². The molecule has 2 aromatic carbocycles. The van der Waals surface area contributed by atoms with Crippen LogP contribution in [0.3, 0.4) is 0 Å². The van der Waals surface area contributed by atoms with Crippen molar-refractivity contribution in [3.63, 3.8) is 0 Å². The zero-order valence-corrected chi connectivity index (χ0v) is 25.7. The molecule has 226 valence electrons. The van der Waals surface area contributed by atoms with Gasteiger partial charge in [0.1, 0.15) is 5.60 Å². The van der Waals surface area contributed by atoms with Gasteiger partial charge in [0, 0.05) is 26.1 Å². The predicted molar refractivity (Wildman–Crippen MR) is 174 cm³/mol. The molecule has 4 heteroatoms. The Kier molecular flexibility index (Phi) is 18.9. The maximum absolute atomic E-state index is 11.8. The summed E-state index contributed by atoms with van der Waals surface area (Å²) in [6.07, 6.45) is 23.9. The van der Waals surface area contributed by atoms with Crippen molar-refractivity contribution in [1.29, 1.82) is 0 Å². The molecule has 0 aliphatic rings. The normalized spacial score (nSPS) is 13.8. The second kappa shape index (κ2) is 22.0. The number of unbranched alkanes of at least 4 members (excludes halogenated alkanes) is 15. The van der Waals surface area contributed by atoms with Gasteiger partial charge in [0.2, 0.25) is 0 Å². The van der Waals surface area contributed by atoms with Crippen molar-refractivity contribution < 1.29 is 5.11 Å². The number of aliphatic hydroxyl groups is 1. The molecular weight excluding hydrogens is 490 g/mol. The quantitative estimate of drug-likeness (QED) is 0.0949. The summed E-state index contributed by atoms with van der Waals surface area (Å²) in [6, 6.07) is 18.2. The minimum absolute atomic E-state index is 0.439. The monoisotopic (exact) mass is 551 g/mol. The van der Waals surface area contributed by atoms with Crippen LogP contribution in [0.25, 0.3) is 0 Å². The summed E-state index contributed by atoms with van der Waals surface area (Å²) in [7, 11) is 0. The van der Waals surface area contributed by atoms with Crippen molar-refractivity contribution in [3.8, 4) is 0 Å². The highest BCUT2D eigenvalue weighted by molar-refractivity contribution is 5.32. The predicted octanol–water partition coefficient (Wildman–Crippen LogP) is 7.80. The standard InChI is InChI=1S/C36H61N3O/c1-2-3-4-5-6-7-8-9-10-11-12-13-14-15-16-18-21-32-24-26-34(27-25-32)36(40,35(38)31-39-29-28-37)30-33-22-19-17-20-23-33/h17,19-20,22-27,35,39-40H,2-16,18,21,28-31,37-38H2,1H3. The van der Waals surface area contributed by atoms with Gasteiger partial charge < -0.3 is 21.9 Å². The Hall–Kier alpha value is -1.72. The van der Waals surface area contributed by atoms with Gasteiger partial charge in [0.05, 0.1) is 6.04 Å². The smallest absolute Gasteiger partial charge is 0.110 e. The molecule has 2 atom stereocenters. The van der Waals surface area contributed by atoms with Gasteiger partial charge >= 0.3 is 0 Å². The van der Waals surface area contributed by atoms with E-state index < -0.39 is 11.6 Å². The Morgan fingerprint density at radius 1 is 0.675 bits per heavy atom. The third kappa shape index (κ3) is 14.3. The average molecular weight is 552 g/mol.